The van der Waals surface area contributed by atoms with Gasteiger partial charge in [-0.1, -0.05) is 20.8 Å². The molecule has 1 rings (SSSR count). The van der Waals surface area contributed by atoms with Crippen molar-refractivity contribution < 1.29 is 14.3 Å². The van der Waals surface area contributed by atoms with Gasteiger partial charge in [0.2, 0.25) is 0 Å². The molecule has 0 saturated carbocycles. The summed E-state index contributed by atoms with van der Waals surface area (Å²) in [4.78, 5) is 23.2. The van der Waals surface area contributed by atoms with Crippen LogP contribution in [0.4, 0.5) is 0 Å². The zero-order valence-corrected chi connectivity index (χ0v) is 11.7. The standard InChI is InChI=1S/C11H18O3S2/c1-5-14-9(13)8-7(12)6-15-10(16-8)11(2,3)4/h8,10H,5-6H2,1-4H3. The number of carbonyl (C=O) groups excluding carboxylic acids is 2. The molecule has 5 heteroatoms. The molecule has 0 aliphatic carbocycles. The van der Waals surface area contributed by atoms with Gasteiger partial charge in [-0.3, -0.25) is 9.59 Å². The predicted octanol–water partition coefficient (Wildman–Crippen LogP) is 2.34. The average molecular weight is 262 g/mol. The van der Waals surface area contributed by atoms with Gasteiger partial charge >= 0.3 is 5.97 Å². The first-order chi connectivity index (χ1) is 7.36. The van der Waals surface area contributed by atoms with Gasteiger partial charge in [0.25, 0.3) is 0 Å². The van der Waals surface area contributed by atoms with E-state index in [1.165, 1.54) is 11.8 Å². The van der Waals surface area contributed by atoms with Crippen LogP contribution in [0, 0.1) is 5.41 Å². The number of thioether (sulfide) groups is 2. The highest BCUT2D eigenvalue weighted by Gasteiger charge is 2.40. The molecule has 0 aromatic heterocycles. The smallest absolute Gasteiger partial charge is 0.326 e. The Hall–Kier alpha value is -0.160. The molecule has 0 aromatic carbocycles. The van der Waals surface area contributed by atoms with Gasteiger partial charge in [0.15, 0.2) is 11.0 Å². The van der Waals surface area contributed by atoms with Crippen LogP contribution >= 0.6 is 23.5 Å². The molecule has 3 nitrogen and oxygen atoms in total. The summed E-state index contributed by atoms with van der Waals surface area (Å²) in [6.45, 7) is 8.45. The van der Waals surface area contributed by atoms with Crippen molar-refractivity contribution in [2.45, 2.75) is 37.5 Å². The van der Waals surface area contributed by atoms with Crippen molar-refractivity contribution in [3.8, 4) is 0 Å². The number of ketones is 1. The third kappa shape index (κ3) is 3.42. The Kier molecular flexibility index (Phi) is 4.73. The highest BCUT2D eigenvalue weighted by Crippen LogP contribution is 2.44. The largest absolute Gasteiger partial charge is 0.465 e. The zero-order valence-electron chi connectivity index (χ0n) is 10.1. The van der Waals surface area contributed by atoms with E-state index in [0.29, 0.717) is 12.4 Å². The summed E-state index contributed by atoms with van der Waals surface area (Å²) in [7, 11) is 0. The molecular weight excluding hydrogens is 244 g/mol. The van der Waals surface area contributed by atoms with Gasteiger partial charge in [-0.25, -0.2) is 0 Å². The number of hydrogen-bond donors (Lipinski definition) is 0. The minimum Gasteiger partial charge on any atom is -0.465 e. The number of esters is 1. The summed E-state index contributed by atoms with van der Waals surface area (Å²) in [6.07, 6.45) is 0. The highest BCUT2D eigenvalue weighted by molar-refractivity contribution is 8.19. The monoisotopic (exact) mass is 262 g/mol. The highest BCUT2D eigenvalue weighted by atomic mass is 32.2. The molecule has 1 fully saturated rings. The summed E-state index contributed by atoms with van der Waals surface area (Å²) in [5.74, 6) is 0.0132. The fourth-order valence-electron chi connectivity index (χ4n) is 1.33. The second-order valence-electron chi connectivity index (χ2n) is 4.74. The van der Waals surface area contributed by atoms with Gasteiger partial charge in [0, 0.05) is 0 Å². The first-order valence-corrected chi connectivity index (χ1v) is 7.32. The topological polar surface area (TPSA) is 43.4 Å². The zero-order chi connectivity index (χ0) is 12.3. The predicted molar refractivity (Wildman–Crippen MR) is 68.7 cm³/mol. The van der Waals surface area contributed by atoms with E-state index in [0.717, 1.165) is 0 Å². The maximum atomic E-state index is 11.6. The molecule has 0 amide bonds. The van der Waals surface area contributed by atoms with Crippen LogP contribution in [0.25, 0.3) is 0 Å². The van der Waals surface area contributed by atoms with Crippen molar-refractivity contribution in [3.63, 3.8) is 0 Å². The van der Waals surface area contributed by atoms with Crippen LogP contribution in [0.2, 0.25) is 0 Å². The van der Waals surface area contributed by atoms with Crippen molar-refractivity contribution in [1.29, 1.82) is 0 Å². The van der Waals surface area contributed by atoms with Gasteiger partial charge in [0.1, 0.15) is 0 Å². The SMILES string of the molecule is CCOC(=O)C1SC(C(C)(C)C)SCC1=O. The van der Waals surface area contributed by atoms with Crippen LogP contribution in [0.3, 0.4) is 0 Å². The first-order valence-electron chi connectivity index (χ1n) is 5.32. The molecule has 0 spiro atoms. The van der Waals surface area contributed by atoms with E-state index >= 15 is 0 Å². The van der Waals surface area contributed by atoms with Gasteiger partial charge in [-0.2, -0.15) is 0 Å². The van der Waals surface area contributed by atoms with Crippen molar-refractivity contribution in [1.82, 2.24) is 0 Å². The number of rotatable bonds is 2. The number of carbonyl (C=O) groups is 2. The summed E-state index contributed by atoms with van der Waals surface area (Å²) >= 11 is 3.06. The molecule has 2 atom stereocenters. The van der Waals surface area contributed by atoms with Crippen molar-refractivity contribution >= 4 is 35.3 Å². The Morgan fingerprint density at radius 1 is 1.50 bits per heavy atom. The number of Topliss-reactive ketones (excluding diaryl/α,β-unsaturated/α-hetero) is 1. The fourth-order valence-corrected chi connectivity index (χ4v) is 4.34. The van der Waals surface area contributed by atoms with Crippen LogP contribution in [0.15, 0.2) is 0 Å². The van der Waals surface area contributed by atoms with Crippen LogP contribution in [0.5, 0.6) is 0 Å². The van der Waals surface area contributed by atoms with Crippen LogP contribution in [0.1, 0.15) is 27.7 Å². The van der Waals surface area contributed by atoms with Gasteiger partial charge in [-0.15, -0.1) is 23.5 Å². The van der Waals surface area contributed by atoms with Gasteiger partial charge in [-0.05, 0) is 12.3 Å². The minimum atomic E-state index is -0.620. The van der Waals surface area contributed by atoms with Crippen LogP contribution in [-0.2, 0) is 14.3 Å². The maximum absolute atomic E-state index is 11.6. The van der Waals surface area contributed by atoms with E-state index in [1.54, 1.807) is 18.7 Å². The molecule has 2 unspecified atom stereocenters. The summed E-state index contributed by atoms with van der Waals surface area (Å²) in [5.41, 5.74) is 0.0841. The Balaban J connectivity index is 2.69. The average Bonchev–Trinajstić information content (AvgIpc) is 2.16. The maximum Gasteiger partial charge on any atom is 0.326 e. The Labute approximate surface area is 105 Å². The van der Waals surface area contributed by atoms with E-state index in [9.17, 15) is 9.59 Å². The molecule has 1 saturated heterocycles. The molecule has 0 N–H and O–H groups in total. The van der Waals surface area contributed by atoms with Crippen molar-refractivity contribution in [2.24, 2.45) is 5.41 Å². The van der Waals surface area contributed by atoms with Crippen LogP contribution in [-0.4, -0.2) is 33.9 Å². The van der Waals surface area contributed by atoms with Crippen molar-refractivity contribution in [2.75, 3.05) is 12.4 Å². The Bertz CT molecular complexity index is 283. The number of ether oxygens (including phenoxy) is 1. The molecule has 0 aromatic rings. The minimum absolute atomic E-state index is 0.0195. The molecule has 92 valence electrons. The summed E-state index contributed by atoms with van der Waals surface area (Å²) in [6, 6.07) is 0. The fraction of sp³-hybridized carbons (Fsp3) is 0.818. The van der Waals surface area contributed by atoms with E-state index in [1.807, 2.05) is 0 Å². The Morgan fingerprint density at radius 2 is 2.12 bits per heavy atom. The number of hydrogen-bond acceptors (Lipinski definition) is 5. The van der Waals surface area contributed by atoms with Gasteiger partial charge < -0.3 is 4.74 Å². The lowest BCUT2D eigenvalue weighted by molar-refractivity contribution is -0.144. The van der Waals surface area contributed by atoms with Gasteiger partial charge in [0.05, 0.1) is 16.9 Å². The third-order valence-corrected chi connectivity index (χ3v) is 6.02. The summed E-state index contributed by atoms with van der Waals surface area (Å²) < 4.78 is 5.19. The molecule has 1 aliphatic rings. The summed E-state index contributed by atoms with van der Waals surface area (Å²) in [5, 5.41) is -0.620. The lowest BCUT2D eigenvalue weighted by atomic mass is 10.00. The molecule has 1 heterocycles. The first kappa shape index (κ1) is 13.9. The van der Waals surface area contributed by atoms with E-state index in [4.69, 9.17) is 4.74 Å². The molecule has 0 bridgehead atoms. The van der Waals surface area contributed by atoms with Crippen LogP contribution < -0.4 is 0 Å². The second-order valence-corrected chi connectivity index (χ2v) is 7.35. The molecule has 16 heavy (non-hydrogen) atoms. The van der Waals surface area contributed by atoms with E-state index in [2.05, 4.69) is 20.8 Å². The lowest BCUT2D eigenvalue weighted by Gasteiger charge is -2.34. The molecule has 1 aliphatic heterocycles. The molecule has 0 radical (unpaired) electrons. The quantitative estimate of drug-likeness (QED) is 0.564. The second kappa shape index (κ2) is 5.45. The van der Waals surface area contributed by atoms with E-state index < -0.39 is 5.25 Å². The lowest BCUT2D eigenvalue weighted by Crippen LogP contribution is -2.39. The van der Waals surface area contributed by atoms with E-state index in [-0.39, 0.29) is 21.7 Å². The normalized spacial score (nSPS) is 26.6. The molecular formula is C11H18O3S2. The Morgan fingerprint density at radius 3 is 2.62 bits per heavy atom. The van der Waals surface area contributed by atoms with Crippen molar-refractivity contribution in [3.05, 3.63) is 0 Å². The third-order valence-electron chi connectivity index (χ3n) is 2.14.